The van der Waals surface area contributed by atoms with Crippen LogP contribution in [0.25, 0.3) is 0 Å². The number of nitriles is 1. The quantitative estimate of drug-likeness (QED) is 0.813. The lowest BCUT2D eigenvalue weighted by Gasteiger charge is -2.18. The van der Waals surface area contributed by atoms with Gasteiger partial charge in [-0.1, -0.05) is 17.7 Å². The maximum absolute atomic E-state index is 13.5. The van der Waals surface area contributed by atoms with Crippen LogP contribution in [0.2, 0.25) is 5.02 Å². The van der Waals surface area contributed by atoms with Gasteiger partial charge in [0.25, 0.3) is 0 Å². The van der Waals surface area contributed by atoms with Crippen LogP contribution in [0.5, 0.6) is 0 Å². The van der Waals surface area contributed by atoms with E-state index < -0.39 is 11.2 Å². The molecular formula is C12H11ClFNO. The molecule has 2 nitrogen and oxygen atoms in total. The van der Waals surface area contributed by atoms with Gasteiger partial charge in [-0.2, -0.15) is 5.26 Å². The standard InChI is InChI=1S/C12H11ClFNO/c1-8(16)12(2,7-15)6-9-10(13)4-3-5-11(9)14/h3-5H,6H2,1-2H3. The van der Waals surface area contributed by atoms with Gasteiger partial charge < -0.3 is 0 Å². The van der Waals surface area contributed by atoms with Gasteiger partial charge in [0.15, 0.2) is 0 Å². The number of hydrogen-bond donors (Lipinski definition) is 0. The van der Waals surface area contributed by atoms with Gasteiger partial charge in [0.2, 0.25) is 0 Å². The Kier molecular flexibility index (Phi) is 3.66. The number of carbonyl (C=O) groups excluding carboxylic acids is 1. The molecule has 0 N–H and O–H groups in total. The number of ketones is 1. The summed E-state index contributed by atoms with van der Waals surface area (Å²) in [4.78, 5) is 11.3. The molecule has 0 amide bonds. The highest BCUT2D eigenvalue weighted by Crippen LogP contribution is 2.28. The van der Waals surface area contributed by atoms with Gasteiger partial charge in [0.1, 0.15) is 17.0 Å². The summed E-state index contributed by atoms with van der Waals surface area (Å²) in [5.41, 5.74) is -1.02. The molecule has 84 valence electrons. The van der Waals surface area contributed by atoms with Crippen LogP contribution in [-0.2, 0) is 11.2 Å². The molecule has 0 bridgehead atoms. The van der Waals surface area contributed by atoms with Crippen LogP contribution < -0.4 is 0 Å². The van der Waals surface area contributed by atoms with Crippen molar-refractivity contribution in [3.63, 3.8) is 0 Å². The Labute approximate surface area is 98.6 Å². The summed E-state index contributed by atoms with van der Waals surface area (Å²) in [5, 5.41) is 9.20. The molecule has 1 atom stereocenters. The van der Waals surface area contributed by atoms with Crippen LogP contribution in [0.4, 0.5) is 4.39 Å². The first-order valence-corrected chi connectivity index (χ1v) is 5.13. The third kappa shape index (κ3) is 2.40. The van der Waals surface area contributed by atoms with Crippen molar-refractivity contribution in [2.75, 3.05) is 0 Å². The van der Waals surface area contributed by atoms with Gasteiger partial charge in [-0.15, -0.1) is 0 Å². The van der Waals surface area contributed by atoms with Crippen molar-refractivity contribution >= 4 is 17.4 Å². The van der Waals surface area contributed by atoms with E-state index in [0.29, 0.717) is 0 Å². The Morgan fingerprint density at radius 2 is 2.25 bits per heavy atom. The zero-order valence-corrected chi connectivity index (χ0v) is 9.81. The molecule has 0 aliphatic carbocycles. The average molecular weight is 240 g/mol. The fraction of sp³-hybridized carbons (Fsp3) is 0.333. The second-order valence-electron chi connectivity index (χ2n) is 3.88. The summed E-state index contributed by atoms with van der Waals surface area (Å²) in [6.45, 7) is 2.80. The molecule has 0 spiro atoms. The fourth-order valence-electron chi connectivity index (χ4n) is 1.30. The summed E-state index contributed by atoms with van der Waals surface area (Å²) in [6, 6.07) is 6.19. The summed E-state index contributed by atoms with van der Waals surface area (Å²) in [5.74, 6) is -0.787. The van der Waals surface area contributed by atoms with Crippen LogP contribution in [0.1, 0.15) is 19.4 Å². The van der Waals surface area contributed by atoms with Gasteiger partial charge in [-0.3, -0.25) is 4.79 Å². The number of hydrogen-bond acceptors (Lipinski definition) is 2. The van der Waals surface area contributed by atoms with Crippen LogP contribution in [-0.4, -0.2) is 5.78 Å². The van der Waals surface area contributed by atoms with Crippen molar-refractivity contribution in [3.05, 3.63) is 34.6 Å². The number of rotatable bonds is 3. The first kappa shape index (κ1) is 12.7. The van der Waals surface area contributed by atoms with Gasteiger partial charge in [0, 0.05) is 17.0 Å². The Balaban J connectivity index is 3.15. The molecular weight excluding hydrogens is 229 g/mol. The molecule has 0 heterocycles. The Morgan fingerprint density at radius 1 is 1.62 bits per heavy atom. The highest BCUT2D eigenvalue weighted by Gasteiger charge is 2.31. The fourth-order valence-corrected chi connectivity index (χ4v) is 1.53. The van der Waals surface area contributed by atoms with E-state index in [0.717, 1.165) is 0 Å². The Hall–Kier alpha value is -1.40. The maximum atomic E-state index is 13.5. The van der Waals surface area contributed by atoms with E-state index in [9.17, 15) is 9.18 Å². The minimum Gasteiger partial charge on any atom is -0.298 e. The number of benzene rings is 1. The van der Waals surface area contributed by atoms with E-state index in [2.05, 4.69) is 0 Å². The van der Waals surface area contributed by atoms with Gasteiger partial charge in [0.05, 0.1) is 6.07 Å². The zero-order valence-electron chi connectivity index (χ0n) is 9.05. The topological polar surface area (TPSA) is 40.9 Å². The first-order chi connectivity index (χ1) is 7.40. The van der Waals surface area contributed by atoms with Crippen LogP contribution in [0.15, 0.2) is 18.2 Å². The Morgan fingerprint density at radius 3 is 2.69 bits per heavy atom. The minimum atomic E-state index is -1.23. The normalized spacial score (nSPS) is 13.9. The van der Waals surface area contributed by atoms with Crippen LogP contribution >= 0.6 is 11.6 Å². The van der Waals surface area contributed by atoms with Crippen molar-refractivity contribution in [1.29, 1.82) is 5.26 Å². The summed E-state index contributed by atoms with van der Waals surface area (Å²) < 4.78 is 13.5. The van der Waals surface area contributed by atoms with Gasteiger partial charge in [-0.05, 0) is 26.0 Å². The molecule has 1 aromatic rings. The van der Waals surface area contributed by atoms with Crippen LogP contribution in [0, 0.1) is 22.6 Å². The zero-order chi connectivity index (χ0) is 12.3. The molecule has 0 saturated heterocycles. The van der Waals surface area contributed by atoms with Gasteiger partial charge in [-0.25, -0.2) is 4.39 Å². The maximum Gasteiger partial charge on any atom is 0.150 e. The van der Waals surface area contributed by atoms with E-state index in [4.69, 9.17) is 16.9 Å². The smallest absolute Gasteiger partial charge is 0.150 e. The average Bonchev–Trinajstić information content (AvgIpc) is 2.23. The molecule has 1 aromatic carbocycles. The summed E-state index contributed by atoms with van der Waals surface area (Å²) in [6.07, 6.45) is -0.00958. The molecule has 0 aromatic heterocycles. The molecule has 0 aliphatic heterocycles. The number of halogens is 2. The van der Waals surface area contributed by atoms with Crippen LogP contribution in [0.3, 0.4) is 0 Å². The van der Waals surface area contributed by atoms with Crippen molar-refractivity contribution < 1.29 is 9.18 Å². The molecule has 16 heavy (non-hydrogen) atoms. The summed E-state index contributed by atoms with van der Waals surface area (Å²) in [7, 11) is 0. The predicted molar refractivity (Wildman–Crippen MR) is 59.5 cm³/mol. The molecule has 0 saturated carbocycles. The monoisotopic (exact) mass is 239 g/mol. The largest absolute Gasteiger partial charge is 0.298 e. The third-order valence-electron chi connectivity index (χ3n) is 2.62. The van der Waals surface area contributed by atoms with Gasteiger partial charge >= 0.3 is 0 Å². The summed E-state index contributed by atoms with van der Waals surface area (Å²) >= 11 is 5.84. The number of Topliss-reactive ketones (excluding diaryl/α,β-unsaturated/α-hetero) is 1. The number of carbonyl (C=O) groups is 1. The second kappa shape index (κ2) is 4.63. The van der Waals surface area contributed by atoms with Crippen molar-refractivity contribution in [2.45, 2.75) is 20.3 Å². The molecule has 0 radical (unpaired) electrons. The lowest BCUT2D eigenvalue weighted by Crippen LogP contribution is -2.26. The van der Waals surface area contributed by atoms with E-state index in [1.54, 1.807) is 0 Å². The SMILES string of the molecule is CC(=O)C(C)(C#N)Cc1c(F)cccc1Cl. The van der Waals surface area contributed by atoms with E-state index in [1.807, 2.05) is 6.07 Å². The first-order valence-electron chi connectivity index (χ1n) is 4.76. The Bertz CT molecular complexity index is 446. The van der Waals surface area contributed by atoms with Crippen molar-refractivity contribution in [3.8, 4) is 6.07 Å². The molecule has 0 aliphatic rings. The molecule has 4 heteroatoms. The van der Waals surface area contributed by atoms with Crippen molar-refractivity contribution in [1.82, 2.24) is 0 Å². The minimum absolute atomic E-state index is 0.00958. The lowest BCUT2D eigenvalue weighted by molar-refractivity contribution is -0.123. The highest BCUT2D eigenvalue weighted by atomic mass is 35.5. The highest BCUT2D eigenvalue weighted by molar-refractivity contribution is 6.31. The molecule has 0 fully saturated rings. The predicted octanol–water partition coefficient (Wildman–Crippen LogP) is 3.14. The molecule has 1 unspecified atom stereocenters. The van der Waals surface area contributed by atoms with E-state index >= 15 is 0 Å². The lowest BCUT2D eigenvalue weighted by atomic mass is 9.81. The van der Waals surface area contributed by atoms with Crippen molar-refractivity contribution in [2.24, 2.45) is 5.41 Å². The third-order valence-corrected chi connectivity index (χ3v) is 2.97. The van der Waals surface area contributed by atoms with E-state index in [-0.39, 0.29) is 22.8 Å². The van der Waals surface area contributed by atoms with E-state index in [1.165, 1.54) is 32.0 Å². The second-order valence-corrected chi connectivity index (χ2v) is 4.28. The number of nitrogens with zero attached hydrogens (tertiary/aromatic N) is 1. The molecule has 1 rings (SSSR count).